The molecule has 0 bridgehead atoms. The van der Waals surface area contributed by atoms with E-state index in [1.165, 1.54) is 7.11 Å². The molecule has 6 nitrogen and oxygen atoms in total. The second kappa shape index (κ2) is 6.98. The van der Waals surface area contributed by atoms with Crippen molar-refractivity contribution in [1.29, 1.82) is 0 Å². The summed E-state index contributed by atoms with van der Waals surface area (Å²) in [6.45, 7) is -1.00. The van der Waals surface area contributed by atoms with Crippen LogP contribution in [0.3, 0.4) is 0 Å². The minimum atomic E-state index is -4.66. The van der Waals surface area contributed by atoms with Gasteiger partial charge in [0.05, 0.1) is 18.9 Å². The minimum absolute atomic E-state index is 0.119. The van der Waals surface area contributed by atoms with Crippen molar-refractivity contribution in [3.63, 3.8) is 0 Å². The molecule has 0 saturated carbocycles. The van der Waals surface area contributed by atoms with Crippen LogP contribution >= 0.6 is 0 Å². The Morgan fingerprint density at radius 2 is 1.92 bits per heavy atom. The molecule has 0 unspecified atom stereocenters. The third kappa shape index (κ3) is 4.09. The topological polar surface area (TPSA) is 78.9 Å². The number of benzene rings is 1. The van der Waals surface area contributed by atoms with Crippen molar-refractivity contribution < 1.29 is 32.6 Å². The highest BCUT2D eigenvalue weighted by atomic mass is 19.4. The Labute approximate surface area is 136 Å². The van der Waals surface area contributed by atoms with Gasteiger partial charge < -0.3 is 20.1 Å². The molecule has 2 rings (SSSR count). The van der Waals surface area contributed by atoms with Gasteiger partial charge in [-0.15, -0.1) is 0 Å². The number of aliphatic carboxylic acids is 1. The van der Waals surface area contributed by atoms with Gasteiger partial charge in [-0.05, 0) is 17.7 Å². The molecule has 0 radical (unpaired) electrons. The van der Waals surface area contributed by atoms with Crippen LogP contribution in [-0.4, -0.2) is 48.4 Å². The van der Waals surface area contributed by atoms with Crippen LogP contribution in [0.15, 0.2) is 24.3 Å². The standard InChI is InChI=1S/C15H17F3N2O4/c1-24-10-4-2-9(3-5-10)6-19-14(23)20-7-11(13(21)22)12(8-20)15(16,17)18/h2-5,11-12H,6-8H2,1H3,(H,19,23)(H,21,22)/t11-,12-/m1/s1. The maximum atomic E-state index is 12.9. The molecule has 0 spiro atoms. The summed E-state index contributed by atoms with van der Waals surface area (Å²) < 4.78 is 43.7. The molecule has 0 aromatic heterocycles. The van der Waals surface area contributed by atoms with Gasteiger partial charge in [-0.1, -0.05) is 12.1 Å². The molecule has 9 heteroatoms. The second-order valence-electron chi connectivity index (χ2n) is 5.50. The first kappa shape index (κ1) is 17.9. The van der Waals surface area contributed by atoms with E-state index >= 15 is 0 Å². The van der Waals surface area contributed by atoms with Crippen LogP contribution in [0.5, 0.6) is 5.75 Å². The molecule has 2 N–H and O–H groups in total. The number of carboxylic acids is 1. The fourth-order valence-corrected chi connectivity index (χ4v) is 2.58. The van der Waals surface area contributed by atoms with Crippen LogP contribution < -0.4 is 10.1 Å². The number of carboxylic acid groups (broad SMARTS) is 1. The van der Waals surface area contributed by atoms with E-state index in [9.17, 15) is 22.8 Å². The molecular weight excluding hydrogens is 329 g/mol. The number of carbonyl (C=O) groups is 2. The highest BCUT2D eigenvalue weighted by Crippen LogP contribution is 2.37. The number of rotatable bonds is 4. The molecule has 0 aliphatic carbocycles. The molecule has 132 valence electrons. The zero-order valence-electron chi connectivity index (χ0n) is 12.8. The van der Waals surface area contributed by atoms with Crippen molar-refractivity contribution in [3.05, 3.63) is 29.8 Å². The number of carbonyl (C=O) groups excluding carboxylic acids is 1. The zero-order valence-corrected chi connectivity index (χ0v) is 12.8. The molecule has 1 aliphatic heterocycles. The van der Waals surface area contributed by atoms with Gasteiger partial charge in [0.2, 0.25) is 0 Å². The maximum Gasteiger partial charge on any atom is 0.394 e. The molecule has 1 aliphatic rings. The van der Waals surface area contributed by atoms with Crippen LogP contribution in [0.1, 0.15) is 5.56 Å². The molecule has 2 amide bonds. The first-order valence-corrected chi connectivity index (χ1v) is 7.17. The second-order valence-corrected chi connectivity index (χ2v) is 5.50. The Balaban J connectivity index is 1.96. The number of hydrogen-bond donors (Lipinski definition) is 2. The summed E-state index contributed by atoms with van der Waals surface area (Å²) >= 11 is 0. The van der Waals surface area contributed by atoms with Gasteiger partial charge >= 0.3 is 18.2 Å². The predicted octanol–water partition coefficient (Wildman–Crippen LogP) is 2.10. The lowest BCUT2D eigenvalue weighted by Crippen LogP contribution is -2.39. The molecule has 1 saturated heterocycles. The number of nitrogens with one attached hydrogen (secondary N) is 1. The fraction of sp³-hybridized carbons (Fsp3) is 0.467. The smallest absolute Gasteiger partial charge is 0.394 e. The molecule has 1 aromatic carbocycles. The molecule has 24 heavy (non-hydrogen) atoms. The number of likely N-dealkylation sites (tertiary alicyclic amines) is 1. The first-order chi connectivity index (χ1) is 11.2. The Morgan fingerprint density at radius 3 is 2.38 bits per heavy atom. The van der Waals surface area contributed by atoms with Crippen molar-refractivity contribution >= 4 is 12.0 Å². The Morgan fingerprint density at radius 1 is 1.29 bits per heavy atom. The van der Waals surface area contributed by atoms with Crippen molar-refractivity contribution in [3.8, 4) is 5.75 Å². The summed E-state index contributed by atoms with van der Waals surface area (Å²) in [6.07, 6.45) is -4.66. The lowest BCUT2D eigenvalue weighted by atomic mass is 9.96. The fourth-order valence-electron chi connectivity index (χ4n) is 2.58. The molecule has 1 fully saturated rings. The summed E-state index contributed by atoms with van der Waals surface area (Å²) in [6, 6.07) is 6.09. The van der Waals surface area contributed by atoms with E-state index in [0.717, 1.165) is 10.5 Å². The number of halogens is 3. The lowest BCUT2D eigenvalue weighted by molar-refractivity contribution is -0.187. The van der Waals surface area contributed by atoms with Gasteiger partial charge in [0.15, 0.2) is 0 Å². The highest BCUT2D eigenvalue weighted by molar-refractivity contribution is 5.77. The summed E-state index contributed by atoms with van der Waals surface area (Å²) in [7, 11) is 1.51. The summed E-state index contributed by atoms with van der Waals surface area (Å²) in [5, 5.41) is 11.4. The number of amides is 2. The third-order valence-corrected chi connectivity index (χ3v) is 3.95. The molecular formula is C15H17F3N2O4. The van der Waals surface area contributed by atoms with Crippen molar-refractivity contribution in [1.82, 2.24) is 10.2 Å². The quantitative estimate of drug-likeness (QED) is 0.875. The zero-order chi connectivity index (χ0) is 17.9. The van der Waals surface area contributed by atoms with Gasteiger partial charge in [-0.2, -0.15) is 13.2 Å². The number of nitrogens with zero attached hydrogens (tertiary/aromatic N) is 1. The number of alkyl halides is 3. The van der Waals surface area contributed by atoms with E-state index in [4.69, 9.17) is 9.84 Å². The summed E-state index contributed by atoms with van der Waals surface area (Å²) in [5.41, 5.74) is 0.741. The maximum absolute atomic E-state index is 12.9. The van der Waals surface area contributed by atoms with E-state index in [-0.39, 0.29) is 6.54 Å². The predicted molar refractivity (Wildman–Crippen MR) is 77.5 cm³/mol. The Bertz CT molecular complexity index is 604. The Hall–Kier alpha value is -2.45. The lowest BCUT2D eigenvalue weighted by Gasteiger charge is -2.18. The van der Waals surface area contributed by atoms with Gasteiger partial charge in [0.25, 0.3) is 0 Å². The molecule has 2 atom stereocenters. The third-order valence-electron chi connectivity index (χ3n) is 3.95. The van der Waals surface area contributed by atoms with E-state index in [1.807, 2.05) is 0 Å². The normalized spacial score (nSPS) is 20.8. The van der Waals surface area contributed by atoms with Gasteiger partial charge in [0.1, 0.15) is 5.75 Å². The molecule has 1 heterocycles. The number of ether oxygens (including phenoxy) is 1. The minimum Gasteiger partial charge on any atom is -0.497 e. The van der Waals surface area contributed by atoms with Crippen molar-refractivity contribution in [2.75, 3.05) is 20.2 Å². The number of methoxy groups -OCH3 is 1. The molecule has 1 aromatic rings. The van der Waals surface area contributed by atoms with E-state index in [1.54, 1.807) is 24.3 Å². The van der Waals surface area contributed by atoms with Crippen LogP contribution in [-0.2, 0) is 11.3 Å². The van der Waals surface area contributed by atoms with E-state index in [0.29, 0.717) is 5.75 Å². The average Bonchev–Trinajstić information content (AvgIpc) is 2.99. The van der Waals surface area contributed by atoms with Gasteiger partial charge in [-0.3, -0.25) is 4.79 Å². The first-order valence-electron chi connectivity index (χ1n) is 7.17. The average molecular weight is 346 g/mol. The van der Waals surface area contributed by atoms with Crippen molar-refractivity contribution in [2.24, 2.45) is 11.8 Å². The summed E-state index contributed by atoms with van der Waals surface area (Å²) in [5.74, 6) is -4.61. The number of urea groups is 1. The Kier molecular flexibility index (Phi) is 5.20. The van der Waals surface area contributed by atoms with Crippen LogP contribution in [0.25, 0.3) is 0 Å². The van der Waals surface area contributed by atoms with Crippen LogP contribution in [0, 0.1) is 11.8 Å². The monoisotopic (exact) mass is 346 g/mol. The van der Waals surface area contributed by atoms with Gasteiger partial charge in [-0.25, -0.2) is 4.79 Å². The number of hydrogen-bond acceptors (Lipinski definition) is 3. The SMILES string of the molecule is COc1ccc(CNC(=O)N2C[C@@H](C(F)(F)F)[C@H](C(=O)O)C2)cc1. The van der Waals surface area contributed by atoms with Gasteiger partial charge in [0, 0.05) is 19.6 Å². The van der Waals surface area contributed by atoms with Crippen LogP contribution in [0.2, 0.25) is 0 Å². The largest absolute Gasteiger partial charge is 0.497 e. The summed E-state index contributed by atoms with van der Waals surface area (Å²) in [4.78, 5) is 23.9. The van der Waals surface area contributed by atoms with E-state index in [2.05, 4.69) is 5.32 Å². The highest BCUT2D eigenvalue weighted by Gasteiger charge is 2.53. The van der Waals surface area contributed by atoms with E-state index < -0.39 is 43.1 Å². The van der Waals surface area contributed by atoms with Crippen molar-refractivity contribution in [2.45, 2.75) is 12.7 Å². The van der Waals surface area contributed by atoms with Crippen LogP contribution in [0.4, 0.5) is 18.0 Å².